The molecule has 1 fully saturated rings. The molecule has 0 spiro atoms. The van der Waals surface area contributed by atoms with Gasteiger partial charge in [0.1, 0.15) is 11.6 Å². The lowest BCUT2D eigenvalue weighted by atomic mass is 10.1. The average molecular weight is 394 g/mol. The molecule has 1 aliphatic heterocycles. The lowest BCUT2D eigenvalue weighted by molar-refractivity contribution is -0.145. The first-order valence-corrected chi connectivity index (χ1v) is 9.20. The molecule has 0 saturated carbocycles. The van der Waals surface area contributed by atoms with E-state index in [1.165, 1.54) is 12.0 Å². The highest BCUT2D eigenvalue weighted by Gasteiger charge is 2.42. The molecule has 156 valence electrons. The van der Waals surface area contributed by atoms with Crippen molar-refractivity contribution in [1.82, 2.24) is 10.2 Å². The summed E-state index contributed by atoms with van der Waals surface area (Å²) in [7, 11) is 4.50. The molecule has 1 amide bonds. The normalized spacial score (nSPS) is 19.3. The van der Waals surface area contributed by atoms with E-state index in [0.717, 1.165) is 5.56 Å². The molecule has 2 unspecified atom stereocenters. The summed E-state index contributed by atoms with van der Waals surface area (Å²) in [5, 5.41) is 3.39. The fourth-order valence-corrected chi connectivity index (χ4v) is 3.12. The number of hydrogen-bond acceptors (Lipinski definition) is 7. The first-order chi connectivity index (χ1) is 13.2. The van der Waals surface area contributed by atoms with Crippen LogP contribution in [0.25, 0.3) is 0 Å². The summed E-state index contributed by atoms with van der Waals surface area (Å²) in [5.74, 6) is 0.867. The highest BCUT2D eigenvalue weighted by atomic mass is 16.6. The molecule has 1 aromatic rings. The number of likely N-dealkylation sites (tertiary alicyclic amines) is 1. The van der Waals surface area contributed by atoms with Crippen molar-refractivity contribution in [2.45, 2.75) is 51.4 Å². The summed E-state index contributed by atoms with van der Waals surface area (Å²) in [6, 6.07) is 4.94. The third kappa shape index (κ3) is 5.51. The van der Waals surface area contributed by atoms with Crippen molar-refractivity contribution in [3.8, 4) is 11.5 Å². The second-order valence-corrected chi connectivity index (χ2v) is 7.67. The van der Waals surface area contributed by atoms with Gasteiger partial charge in [-0.25, -0.2) is 9.59 Å². The van der Waals surface area contributed by atoms with Crippen molar-refractivity contribution in [1.29, 1.82) is 0 Å². The zero-order valence-corrected chi connectivity index (χ0v) is 17.4. The van der Waals surface area contributed by atoms with Crippen LogP contribution in [-0.4, -0.2) is 62.5 Å². The monoisotopic (exact) mass is 394 g/mol. The molecule has 0 aliphatic carbocycles. The molecule has 1 heterocycles. The molecule has 0 aromatic heterocycles. The molecule has 1 saturated heterocycles. The Morgan fingerprint density at radius 1 is 1.14 bits per heavy atom. The van der Waals surface area contributed by atoms with Gasteiger partial charge in [-0.3, -0.25) is 4.90 Å². The van der Waals surface area contributed by atoms with E-state index in [-0.39, 0.29) is 6.04 Å². The summed E-state index contributed by atoms with van der Waals surface area (Å²) in [6.07, 6.45) is -0.0579. The first kappa shape index (κ1) is 21.8. The van der Waals surface area contributed by atoms with Crippen LogP contribution >= 0.6 is 0 Å². The number of carbonyl (C=O) groups excluding carboxylic acids is 2. The standard InChI is InChI=1S/C20H30N2O6/c1-20(2,3)28-19(24)22-12-14(10-15(22)18(23)27-6)21-11-13-7-8-16(25-4)17(9-13)26-5/h7-9,14-15,21H,10-12H2,1-6H3. The lowest BCUT2D eigenvalue weighted by Gasteiger charge is -2.27. The molecule has 8 nitrogen and oxygen atoms in total. The van der Waals surface area contributed by atoms with Gasteiger partial charge in [0.25, 0.3) is 0 Å². The van der Waals surface area contributed by atoms with Crippen LogP contribution in [0.2, 0.25) is 0 Å². The Bertz CT molecular complexity index is 700. The second kappa shape index (κ2) is 9.14. The van der Waals surface area contributed by atoms with E-state index >= 15 is 0 Å². The molecule has 1 aliphatic rings. The fraction of sp³-hybridized carbons (Fsp3) is 0.600. The van der Waals surface area contributed by atoms with Crippen molar-refractivity contribution in [3.05, 3.63) is 23.8 Å². The van der Waals surface area contributed by atoms with E-state index in [4.69, 9.17) is 18.9 Å². The zero-order valence-electron chi connectivity index (χ0n) is 17.4. The predicted molar refractivity (Wildman–Crippen MR) is 104 cm³/mol. The van der Waals surface area contributed by atoms with Gasteiger partial charge < -0.3 is 24.3 Å². The molecule has 2 rings (SSSR count). The molecule has 1 N–H and O–H groups in total. The SMILES string of the molecule is COC(=O)C1CC(NCc2ccc(OC)c(OC)c2)CN1C(=O)OC(C)(C)C. The van der Waals surface area contributed by atoms with Crippen LogP contribution in [0.15, 0.2) is 18.2 Å². The summed E-state index contributed by atoms with van der Waals surface area (Å²) < 4.78 is 20.9. The van der Waals surface area contributed by atoms with Gasteiger partial charge in [-0.1, -0.05) is 6.07 Å². The largest absolute Gasteiger partial charge is 0.493 e. The van der Waals surface area contributed by atoms with Gasteiger partial charge in [0.15, 0.2) is 11.5 Å². The van der Waals surface area contributed by atoms with E-state index in [0.29, 0.717) is 31.0 Å². The van der Waals surface area contributed by atoms with Crippen LogP contribution in [0.4, 0.5) is 4.79 Å². The van der Waals surface area contributed by atoms with Gasteiger partial charge in [-0.2, -0.15) is 0 Å². The maximum Gasteiger partial charge on any atom is 0.411 e. The summed E-state index contributed by atoms with van der Waals surface area (Å²) >= 11 is 0. The van der Waals surface area contributed by atoms with Crippen LogP contribution < -0.4 is 14.8 Å². The van der Waals surface area contributed by atoms with Crippen molar-refractivity contribution >= 4 is 12.1 Å². The van der Waals surface area contributed by atoms with Gasteiger partial charge in [-0.15, -0.1) is 0 Å². The minimum absolute atomic E-state index is 0.0651. The number of ether oxygens (including phenoxy) is 4. The smallest absolute Gasteiger partial charge is 0.411 e. The number of rotatable bonds is 6. The van der Waals surface area contributed by atoms with E-state index in [1.54, 1.807) is 35.0 Å². The molecule has 28 heavy (non-hydrogen) atoms. The molecular formula is C20H30N2O6. The highest BCUT2D eigenvalue weighted by Crippen LogP contribution is 2.28. The predicted octanol–water partition coefficient (Wildman–Crippen LogP) is 2.34. The van der Waals surface area contributed by atoms with Crippen molar-refractivity contribution < 1.29 is 28.5 Å². The number of nitrogens with one attached hydrogen (secondary N) is 1. The lowest BCUT2D eigenvalue weighted by Crippen LogP contribution is -2.44. The molecule has 0 radical (unpaired) electrons. The minimum Gasteiger partial charge on any atom is -0.493 e. The number of esters is 1. The Kier molecular flexibility index (Phi) is 7.12. The molecular weight excluding hydrogens is 364 g/mol. The van der Waals surface area contributed by atoms with Crippen molar-refractivity contribution in [3.63, 3.8) is 0 Å². The quantitative estimate of drug-likeness (QED) is 0.741. The van der Waals surface area contributed by atoms with E-state index in [9.17, 15) is 9.59 Å². The number of amides is 1. The van der Waals surface area contributed by atoms with Crippen LogP contribution in [0.3, 0.4) is 0 Å². The maximum atomic E-state index is 12.5. The molecule has 2 atom stereocenters. The van der Waals surface area contributed by atoms with Gasteiger partial charge in [0.05, 0.1) is 21.3 Å². The minimum atomic E-state index is -0.664. The number of hydrogen-bond donors (Lipinski definition) is 1. The second-order valence-electron chi connectivity index (χ2n) is 7.67. The van der Waals surface area contributed by atoms with Crippen LogP contribution in [0.1, 0.15) is 32.8 Å². The number of carbonyl (C=O) groups is 2. The zero-order chi connectivity index (χ0) is 20.9. The van der Waals surface area contributed by atoms with Crippen LogP contribution in [0.5, 0.6) is 11.5 Å². The Labute approximate surface area is 166 Å². The Morgan fingerprint density at radius 3 is 2.39 bits per heavy atom. The van der Waals surface area contributed by atoms with E-state index < -0.39 is 23.7 Å². The van der Waals surface area contributed by atoms with Crippen molar-refractivity contribution in [2.24, 2.45) is 0 Å². The van der Waals surface area contributed by atoms with Crippen LogP contribution in [-0.2, 0) is 20.8 Å². The van der Waals surface area contributed by atoms with Gasteiger partial charge in [-0.05, 0) is 44.9 Å². The van der Waals surface area contributed by atoms with Gasteiger partial charge in [0.2, 0.25) is 0 Å². The number of methoxy groups -OCH3 is 3. The average Bonchev–Trinajstić information content (AvgIpc) is 3.08. The first-order valence-electron chi connectivity index (χ1n) is 9.20. The maximum absolute atomic E-state index is 12.5. The fourth-order valence-electron chi connectivity index (χ4n) is 3.12. The summed E-state index contributed by atoms with van der Waals surface area (Å²) in [6.45, 7) is 6.30. The van der Waals surface area contributed by atoms with E-state index in [2.05, 4.69) is 5.32 Å². The van der Waals surface area contributed by atoms with Gasteiger partial charge >= 0.3 is 12.1 Å². The Hall–Kier alpha value is -2.48. The van der Waals surface area contributed by atoms with Gasteiger partial charge in [0, 0.05) is 19.1 Å². The van der Waals surface area contributed by atoms with E-state index in [1.807, 2.05) is 18.2 Å². The Balaban J connectivity index is 2.04. The summed E-state index contributed by atoms with van der Waals surface area (Å²) in [4.78, 5) is 26.1. The molecule has 8 heteroatoms. The Morgan fingerprint density at radius 2 is 1.82 bits per heavy atom. The van der Waals surface area contributed by atoms with Crippen LogP contribution in [0, 0.1) is 0 Å². The molecule has 1 aromatic carbocycles. The van der Waals surface area contributed by atoms with Crippen molar-refractivity contribution in [2.75, 3.05) is 27.9 Å². The summed E-state index contributed by atoms with van der Waals surface area (Å²) in [5.41, 5.74) is 0.367. The third-order valence-electron chi connectivity index (χ3n) is 4.45. The third-order valence-corrected chi connectivity index (χ3v) is 4.45. The topological polar surface area (TPSA) is 86.3 Å². The highest BCUT2D eigenvalue weighted by molar-refractivity contribution is 5.82. The molecule has 0 bridgehead atoms. The number of benzene rings is 1. The number of nitrogens with zero attached hydrogens (tertiary/aromatic N) is 1.